The largest absolute Gasteiger partial charge is 0.388 e. The predicted octanol–water partition coefficient (Wildman–Crippen LogP) is -0.400. The second kappa shape index (κ2) is 5.35. The Labute approximate surface area is 119 Å². The van der Waals surface area contributed by atoms with Crippen molar-refractivity contribution in [2.45, 2.75) is 4.90 Å². The number of nitrogens with zero attached hydrogens (tertiary/aromatic N) is 2. The number of aromatic nitrogens is 3. The first-order chi connectivity index (χ1) is 9.40. The predicted molar refractivity (Wildman–Crippen MR) is 75.8 cm³/mol. The second-order valence-electron chi connectivity index (χ2n) is 3.63. The maximum Gasteiger partial charge on any atom is 0.265 e. The van der Waals surface area contributed by atoms with Crippen molar-refractivity contribution in [3.63, 3.8) is 0 Å². The molecule has 4 N–H and O–H groups in total. The molecule has 0 fully saturated rings. The molecule has 2 aromatic heterocycles. The molecule has 0 aromatic carbocycles. The highest BCUT2D eigenvalue weighted by Crippen LogP contribution is 2.16. The number of hydrogen-bond acceptors (Lipinski definition) is 6. The van der Waals surface area contributed by atoms with Crippen molar-refractivity contribution < 1.29 is 8.42 Å². The highest BCUT2D eigenvalue weighted by Gasteiger charge is 2.21. The summed E-state index contributed by atoms with van der Waals surface area (Å²) in [4.78, 5) is 14.4. The molecule has 20 heavy (non-hydrogen) atoms. The maximum atomic E-state index is 12.2. The summed E-state index contributed by atoms with van der Waals surface area (Å²) < 4.78 is 26.6. The van der Waals surface area contributed by atoms with Crippen molar-refractivity contribution in [1.29, 1.82) is 0 Å². The SMILES string of the molecule is NC(=S)c1ncccc1S(=O)(=O)Nc1ccc(=O)[nH]n1. The summed E-state index contributed by atoms with van der Waals surface area (Å²) in [6.07, 6.45) is 1.38. The van der Waals surface area contributed by atoms with E-state index >= 15 is 0 Å². The van der Waals surface area contributed by atoms with Gasteiger partial charge in [-0.2, -0.15) is 5.10 Å². The third kappa shape index (κ3) is 2.97. The average molecular weight is 311 g/mol. The van der Waals surface area contributed by atoms with Gasteiger partial charge in [-0.25, -0.2) is 13.5 Å². The first-order valence-electron chi connectivity index (χ1n) is 5.23. The van der Waals surface area contributed by atoms with Gasteiger partial charge in [0.2, 0.25) is 0 Å². The van der Waals surface area contributed by atoms with Crippen molar-refractivity contribution in [3.05, 3.63) is 46.5 Å². The molecule has 0 radical (unpaired) electrons. The van der Waals surface area contributed by atoms with E-state index in [9.17, 15) is 13.2 Å². The molecular weight excluding hydrogens is 302 g/mol. The van der Waals surface area contributed by atoms with Crippen LogP contribution in [-0.2, 0) is 10.0 Å². The molecule has 10 heteroatoms. The van der Waals surface area contributed by atoms with Crippen LogP contribution in [-0.4, -0.2) is 28.6 Å². The smallest absolute Gasteiger partial charge is 0.265 e. The molecule has 104 valence electrons. The number of thiocarbonyl (C=S) groups is 1. The van der Waals surface area contributed by atoms with Gasteiger partial charge in [-0.3, -0.25) is 14.5 Å². The zero-order chi connectivity index (χ0) is 14.8. The second-order valence-corrected chi connectivity index (χ2v) is 5.72. The van der Waals surface area contributed by atoms with Gasteiger partial charge >= 0.3 is 0 Å². The third-order valence-corrected chi connectivity index (χ3v) is 3.79. The number of nitrogens with two attached hydrogens (primary N) is 1. The van der Waals surface area contributed by atoms with Crippen LogP contribution in [0.3, 0.4) is 0 Å². The molecule has 0 atom stereocenters. The summed E-state index contributed by atoms with van der Waals surface area (Å²) in [5.41, 5.74) is 4.98. The maximum absolute atomic E-state index is 12.2. The highest BCUT2D eigenvalue weighted by atomic mass is 32.2. The van der Waals surface area contributed by atoms with Gasteiger partial charge in [0.1, 0.15) is 15.6 Å². The molecule has 0 saturated heterocycles. The molecule has 0 aliphatic carbocycles. The van der Waals surface area contributed by atoms with E-state index in [1.807, 2.05) is 0 Å². The van der Waals surface area contributed by atoms with Crippen LogP contribution >= 0.6 is 12.2 Å². The van der Waals surface area contributed by atoms with E-state index in [2.05, 4.69) is 19.9 Å². The van der Waals surface area contributed by atoms with Crippen LogP contribution in [0, 0.1) is 0 Å². The van der Waals surface area contributed by atoms with Crippen LogP contribution in [0.5, 0.6) is 0 Å². The van der Waals surface area contributed by atoms with Crippen molar-refractivity contribution in [3.8, 4) is 0 Å². The minimum absolute atomic E-state index is 0.0144. The van der Waals surface area contributed by atoms with Gasteiger partial charge in [-0.05, 0) is 18.2 Å². The molecule has 0 aliphatic heterocycles. The number of H-pyrrole nitrogens is 1. The van der Waals surface area contributed by atoms with Gasteiger partial charge in [0, 0.05) is 12.3 Å². The first-order valence-corrected chi connectivity index (χ1v) is 7.12. The number of nitrogens with one attached hydrogen (secondary N) is 2. The fourth-order valence-corrected chi connectivity index (χ4v) is 2.79. The lowest BCUT2D eigenvalue weighted by molar-refractivity contribution is 0.600. The molecule has 2 rings (SSSR count). The van der Waals surface area contributed by atoms with Crippen LogP contribution in [0.1, 0.15) is 5.69 Å². The molecule has 0 spiro atoms. The minimum atomic E-state index is -3.97. The van der Waals surface area contributed by atoms with Crippen LogP contribution in [0.25, 0.3) is 0 Å². The van der Waals surface area contributed by atoms with E-state index in [1.165, 1.54) is 24.4 Å². The Morgan fingerprint density at radius 2 is 2.10 bits per heavy atom. The van der Waals surface area contributed by atoms with Crippen LogP contribution in [0.4, 0.5) is 5.82 Å². The number of aromatic amines is 1. The molecule has 0 aliphatic rings. The van der Waals surface area contributed by atoms with Gasteiger partial charge in [0.25, 0.3) is 15.6 Å². The molecule has 0 saturated carbocycles. The quantitative estimate of drug-likeness (QED) is 0.655. The van der Waals surface area contributed by atoms with E-state index in [4.69, 9.17) is 18.0 Å². The van der Waals surface area contributed by atoms with Crippen LogP contribution in [0.15, 0.2) is 40.2 Å². The molecule has 0 unspecified atom stereocenters. The standard InChI is InChI=1S/C10H9N5O3S2/c11-10(19)9-6(2-1-5-12-9)20(17,18)15-7-3-4-8(16)14-13-7/h1-5H,(H2,11,19)(H,13,15)(H,14,16). The van der Waals surface area contributed by atoms with Gasteiger partial charge in [0.05, 0.1) is 0 Å². The number of sulfonamides is 1. The van der Waals surface area contributed by atoms with Crippen molar-refractivity contribution >= 4 is 33.0 Å². The minimum Gasteiger partial charge on any atom is -0.388 e. The van der Waals surface area contributed by atoms with E-state index in [0.29, 0.717) is 0 Å². The lowest BCUT2D eigenvalue weighted by Crippen LogP contribution is -2.22. The van der Waals surface area contributed by atoms with E-state index in [0.717, 1.165) is 6.07 Å². The van der Waals surface area contributed by atoms with E-state index in [1.54, 1.807) is 0 Å². The third-order valence-electron chi connectivity index (χ3n) is 2.21. The molecule has 2 aromatic rings. The number of hydrogen-bond donors (Lipinski definition) is 3. The molecular formula is C10H9N5O3S2. The molecule has 2 heterocycles. The van der Waals surface area contributed by atoms with Crippen LogP contribution in [0.2, 0.25) is 0 Å². The Bertz CT molecular complexity index is 795. The molecule has 0 amide bonds. The Kier molecular flexibility index (Phi) is 3.77. The van der Waals surface area contributed by atoms with E-state index in [-0.39, 0.29) is 21.4 Å². The Morgan fingerprint density at radius 1 is 1.35 bits per heavy atom. The zero-order valence-corrected chi connectivity index (χ0v) is 11.5. The summed E-state index contributed by atoms with van der Waals surface area (Å²) in [7, 11) is -3.97. The lowest BCUT2D eigenvalue weighted by Gasteiger charge is -2.09. The fraction of sp³-hybridized carbons (Fsp3) is 0. The van der Waals surface area contributed by atoms with Gasteiger partial charge in [-0.15, -0.1) is 0 Å². The Balaban J connectivity index is 2.43. The summed E-state index contributed by atoms with van der Waals surface area (Å²) in [5, 5.41) is 5.66. The van der Waals surface area contributed by atoms with E-state index < -0.39 is 15.6 Å². The summed E-state index contributed by atoms with van der Waals surface area (Å²) in [5.74, 6) is -0.0395. The normalized spacial score (nSPS) is 11.0. The van der Waals surface area contributed by atoms with Gasteiger partial charge in [-0.1, -0.05) is 12.2 Å². The zero-order valence-electron chi connectivity index (χ0n) is 9.90. The lowest BCUT2D eigenvalue weighted by atomic mass is 10.3. The Morgan fingerprint density at radius 3 is 2.70 bits per heavy atom. The number of rotatable bonds is 4. The summed E-state index contributed by atoms with van der Waals surface area (Å²) >= 11 is 4.76. The molecule has 8 nitrogen and oxygen atoms in total. The molecule has 0 bridgehead atoms. The Hall–Kier alpha value is -2.33. The fourth-order valence-electron chi connectivity index (χ4n) is 1.39. The van der Waals surface area contributed by atoms with Gasteiger partial charge < -0.3 is 5.73 Å². The van der Waals surface area contributed by atoms with Crippen molar-refractivity contribution in [2.24, 2.45) is 5.73 Å². The monoisotopic (exact) mass is 311 g/mol. The van der Waals surface area contributed by atoms with Crippen LogP contribution < -0.4 is 16.0 Å². The van der Waals surface area contributed by atoms with Crippen molar-refractivity contribution in [2.75, 3.05) is 4.72 Å². The topological polar surface area (TPSA) is 131 Å². The number of anilines is 1. The summed E-state index contributed by atoms with van der Waals surface area (Å²) in [6.45, 7) is 0. The first kappa shape index (κ1) is 14.1. The number of pyridine rings is 1. The highest BCUT2D eigenvalue weighted by molar-refractivity contribution is 7.93. The van der Waals surface area contributed by atoms with Crippen molar-refractivity contribution in [1.82, 2.24) is 15.2 Å². The summed E-state index contributed by atoms with van der Waals surface area (Å²) in [6, 6.07) is 5.13. The average Bonchev–Trinajstić information content (AvgIpc) is 2.41. The van der Waals surface area contributed by atoms with Gasteiger partial charge in [0.15, 0.2) is 5.82 Å².